The van der Waals surface area contributed by atoms with Crippen molar-refractivity contribution in [1.29, 1.82) is 0 Å². The van der Waals surface area contributed by atoms with Crippen LogP contribution in [0.4, 0.5) is 26.7 Å². The lowest BCUT2D eigenvalue weighted by atomic mass is 9.75. The smallest absolute Gasteiger partial charge is 0.407 e. The van der Waals surface area contributed by atoms with Gasteiger partial charge in [0.15, 0.2) is 11.5 Å². The molecule has 11 nitrogen and oxygen atoms in total. The van der Waals surface area contributed by atoms with Crippen molar-refractivity contribution in [3.63, 3.8) is 0 Å². The SMILES string of the molecule is CC(F)C(C)(C)NC(=O)OC[C@H](c1ccc(Cl)c(-c2nccn2C(F)F)c1)N1C(=O)[C@@](CC(C)(C)C)(c2ccc(-c3cnn(C(F)F)c3)cc2)N=C1N. The van der Waals surface area contributed by atoms with E-state index in [9.17, 15) is 31.5 Å². The second kappa shape index (κ2) is 14.8. The molecule has 0 saturated heterocycles. The van der Waals surface area contributed by atoms with Gasteiger partial charge in [-0.15, -0.1) is 0 Å². The third-order valence-electron chi connectivity index (χ3n) is 9.01. The van der Waals surface area contributed by atoms with Crippen LogP contribution in [0.15, 0.2) is 72.2 Å². The van der Waals surface area contributed by atoms with Gasteiger partial charge in [-0.3, -0.25) is 14.3 Å². The third-order valence-corrected chi connectivity index (χ3v) is 9.34. The highest BCUT2D eigenvalue weighted by atomic mass is 35.5. The van der Waals surface area contributed by atoms with Gasteiger partial charge in [0.25, 0.3) is 5.91 Å². The highest BCUT2D eigenvalue weighted by Gasteiger charge is 2.53. The summed E-state index contributed by atoms with van der Waals surface area (Å²) in [6, 6.07) is 9.85. The molecule has 1 aliphatic rings. The summed E-state index contributed by atoms with van der Waals surface area (Å²) in [6.07, 6.45) is 2.51. The summed E-state index contributed by atoms with van der Waals surface area (Å²) < 4.78 is 75.1. The molecule has 2 amide bonds. The Kier molecular flexibility index (Phi) is 11.0. The number of alkyl halides is 5. The molecule has 0 spiro atoms. The van der Waals surface area contributed by atoms with Crippen LogP contribution in [0, 0.1) is 5.41 Å². The fourth-order valence-electron chi connectivity index (χ4n) is 6.08. The quantitative estimate of drug-likeness (QED) is 0.140. The maximum Gasteiger partial charge on any atom is 0.407 e. The highest BCUT2D eigenvalue weighted by molar-refractivity contribution is 6.33. The fraction of sp³-hybridized carbons (Fsp3) is 0.417. The van der Waals surface area contributed by atoms with Crippen LogP contribution in [0.2, 0.25) is 5.02 Å². The van der Waals surface area contributed by atoms with Gasteiger partial charge >= 0.3 is 19.2 Å². The van der Waals surface area contributed by atoms with Crippen LogP contribution in [-0.4, -0.2) is 60.5 Å². The van der Waals surface area contributed by atoms with Crippen LogP contribution >= 0.6 is 11.6 Å². The predicted molar refractivity (Wildman–Crippen MR) is 189 cm³/mol. The predicted octanol–water partition coefficient (Wildman–Crippen LogP) is 8.25. The Morgan fingerprint density at radius 3 is 2.28 bits per heavy atom. The number of rotatable bonds is 12. The molecule has 3 heterocycles. The van der Waals surface area contributed by atoms with E-state index < -0.39 is 60.4 Å². The molecule has 0 bridgehead atoms. The number of benzene rings is 2. The van der Waals surface area contributed by atoms with E-state index in [0.29, 0.717) is 25.9 Å². The summed E-state index contributed by atoms with van der Waals surface area (Å²) in [4.78, 5) is 37.9. The Morgan fingerprint density at radius 1 is 1.02 bits per heavy atom. The Labute approximate surface area is 308 Å². The second-order valence-electron chi connectivity index (χ2n) is 14.6. The topological polar surface area (TPSA) is 133 Å². The van der Waals surface area contributed by atoms with Crippen molar-refractivity contribution in [3.8, 4) is 22.5 Å². The number of halogens is 6. The number of hydrogen-bond acceptors (Lipinski definition) is 7. The first-order valence-electron chi connectivity index (χ1n) is 16.6. The largest absolute Gasteiger partial charge is 0.447 e. The molecule has 0 fully saturated rings. The van der Waals surface area contributed by atoms with Crippen LogP contribution < -0.4 is 11.1 Å². The van der Waals surface area contributed by atoms with E-state index in [1.807, 2.05) is 20.8 Å². The first kappa shape index (κ1) is 39.2. The zero-order valence-corrected chi connectivity index (χ0v) is 30.6. The molecule has 3 N–H and O–H groups in total. The van der Waals surface area contributed by atoms with Crippen molar-refractivity contribution >= 4 is 29.6 Å². The third kappa shape index (κ3) is 8.16. The molecule has 5 rings (SSSR count). The molecule has 2 aromatic heterocycles. The first-order valence-corrected chi connectivity index (χ1v) is 16.9. The summed E-state index contributed by atoms with van der Waals surface area (Å²) in [5.41, 5.74) is 5.00. The molecular weight excluding hydrogens is 723 g/mol. The van der Waals surface area contributed by atoms with E-state index in [2.05, 4.69) is 15.4 Å². The van der Waals surface area contributed by atoms with Crippen LogP contribution in [0.25, 0.3) is 22.5 Å². The molecule has 284 valence electrons. The number of imidazole rings is 1. The summed E-state index contributed by atoms with van der Waals surface area (Å²) >= 11 is 6.49. The maximum atomic E-state index is 14.9. The van der Waals surface area contributed by atoms with E-state index in [0.717, 1.165) is 6.20 Å². The minimum Gasteiger partial charge on any atom is -0.447 e. The summed E-state index contributed by atoms with van der Waals surface area (Å²) in [5, 5.41) is 6.24. The van der Waals surface area contributed by atoms with Gasteiger partial charge in [-0.2, -0.15) is 22.7 Å². The van der Waals surface area contributed by atoms with Crippen molar-refractivity contribution in [1.82, 2.24) is 29.5 Å². The van der Waals surface area contributed by atoms with Gasteiger partial charge in [0.1, 0.15) is 18.6 Å². The Bertz CT molecular complexity index is 1990. The zero-order chi connectivity index (χ0) is 39.0. The number of amides is 2. The molecule has 1 unspecified atom stereocenters. The van der Waals surface area contributed by atoms with Crippen molar-refractivity contribution < 1.29 is 36.3 Å². The van der Waals surface area contributed by atoms with Gasteiger partial charge in [0.05, 0.1) is 22.8 Å². The standard InChI is InChI=1S/C36H40ClF5N8O3/c1-20(38)35(5,6)47-33(52)53-18-27(22-9-12-26(37)25(15-22)28-44-13-14-48(28)30(39)40)50-29(51)36(46-32(50)43,19-34(2,3)4)24-10-7-21(8-11-24)23-16-45-49(17-23)31(41)42/h7-17,20,27,30-31H,18-19H2,1-6H3,(H2,43,46)(H,47,52)/t20?,27-,36-/m1/s1. The number of nitrogens with one attached hydrogen (secondary N) is 1. The lowest BCUT2D eigenvalue weighted by molar-refractivity contribution is -0.135. The summed E-state index contributed by atoms with van der Waals surface area (Å²) in [5.74, 6) is -0.960. The van der Waals surface area contributed by atoms with Gasteiger partial charge in [-0.1, -0.05) is 62.7 Å². The van der Waals surface area contributed by atoms with E-state index >= 15 is 0 Å². The molecule has 1 aliphatic heterocycles. The average molecular weight is 763 g/mol. The number of alkyl carbamates (subject to hydrolysis) is 1. The number of nitrogens with zero attached hydrogens (tertiary/aromatic N) is 6. The van der Waals surface area contributed by atoms with Crippen LogP contribution in [0.1, 0.15) is 78.2 Å². The molecule has 17 heteroatoms. The van der Waals surface area contributed by atoms with Crippen molar-refractivity contribution in [2.45, 2.75) is 84.4 Å². The van der Waals surface area contributed by atoms with Gasteiger partial charge in [-0.25, -0.2) is 23.8 Å². The number of nitrogens with two attached hydrogens (primary N) is 1. The van der Waals surface area contributed by atoms with Crippen LogP contribution in [0.5, 0.6) is 0 Å². The Balaban J connectivity index is 1.59. The number of aromatic nitrogens is 4. The Hall–Kier alpha value is -4.99. The molecule has 0 saturated carbocycles. The summed E-state index contributed by atoms with van der Waals surface area (Å²) in [7, 11) is 0. The minimum absolute atomic E-state index is 0.0774. The molecule has 53 heavy (non-hydrogen) atoms. The minimum atomic E-state index is -2.94. The van der Waals surface area contributed by atoms with E-state index in [-0.39, 0.29) is 34.4 Å². The van der Waals surface area contributed by atoms with Gasteiger partial charge < -0.3 is 15.8 Å². The highest BCUT2D eigenvalue weighted by Crippen LogP contribution is 2.45. The van der Waals surface area contributed by atoms with Crippen molar-refractivity contribution in [2.24, 2.45) is 16.1 Å². The van der Waals surface area contributed by atoms with Gasteiger partial charge in [-0.05, 0) is 61.4 Å². The van der Waals surface area contributed by atoms with E-state index in [1.165, 1.54) is 62.5 Å². The molecule has 0 aliphatic carbocycles. The molecule has 3 atom stereocenters. The molecule has 0 radical (unpaired) electrons. The van der Waals surface area contributed by atoms with E-state index in [1.54, 1.807) is 24.3 Å². The number of carbonyl (C=O) groups is 2. The zero-order valence-electron chi connectivity index (χ0n) is 29.8. The second-order valence-corrected chi connectivity index (χ2v) is 15.0. The number of aliphatic imine (C=N–C) groups is 1. The maximum absolute atomic E-state index is 14.9. The number of carbonyl (C=O) groups excluding carboxylic acids is 2. The normalized spacial score (nSPS) is 17.7. The van der Waals surface area contributed by atoms with Crippen LogP contribution in [0.3, 0.4) is 0 Å². The van der Waals surface area contributed by atoms with Gasteiger partial charge in [0, 0.05) is 29.7 Å². The lowest BCUT2D eigenvalue weighted by Gasteiger charge is -2.35. The number of ether oxygens (including phenoxy) is 1. The van der Waals surface area contributed by atoms with Crippen LogP contribution in [-0.2, 0) is 15.1 Å². The summed E-state index contributed by atoms with van der Waals surface area (Å²) in [6.45, 7) is 3.69. The van der Waals surface area contributed by atoms with E-state index in [4.69, 9.17) is 27.1 Å². The average Bonchev–Trinajstić information content (AvgIpc) is 3.81. The number of hydrogen-bond donors (Lipinski definition) is 2. The fourth-order valence-corrected chi connectivity index (χ4v) is 6.28. The Morgan fingerprint density at radius 2 is 1.70 bits per heavy atom. The first-order chi connectivity index (χ1) is 24.7. The van der Waals surface area contributed by atoms with Crippen molar-refractivity contribution in [2.75, 3.05) is 6.61 Å². The van der Waals surface area contributed by atoms with Gasteiger partial charge in [0.2, 0.25) is 0 Å². The van der Waals surface area contributed by atoms with Crippen molar-refractivity contribution in [3.05, 3.63) is 83.4 Å². The molecule has 4 aromatic rings. The lowest BCUT2D eigenvalue weighted by Crippen LogP contribution is -2.51. The number of guanidine groups is 1. The molecular formula is C36H40ClF5N8O3. The monoisotopic (exact) mass is 762 g/mol. The molecule has 2 aromatic carbocycles.